The van der Waals surface area contributed by atoms with Gasteiger partial charge in [-0.1, -0.05) is 0 Å². The van der Waals surface area contributed by atoms with E-state index in [2.05, 4.69) is 4.98 Å². The van der Waals surface area contributed by atoms with Crippen LogP contribution >= 0.6 is 10.7 Å². The minimum atomic E-state index is -3.74. The molecule has 0 aliphatic heterocycles. The van der Waals surface area contributed by atoms with Crippen LogP contribution in [-0.4, -0.2) is 20.5 Å². The fourth-order valence-corrected chi connectivity index (χ4v) is 2.06. The Bertz CT molecular complexity index is 619. The molecule has 0 N–H and O–H groups in total. The molecule has 0 unspecified atom stereocenters. The Morgan fingerprint density at radius 1 is 1.50 bits per heavy atom. The van der Waals surface area contributed by atoms with Crippen LogP contribution in [0.3, 0.4) is 0 Å². The third-order valence-electron chi connectivity index (χ3n) is 1.95. The smallest absolute Gasteiger partial charge is 0.261 e. The summed E-state index contributed by atoms with van der Waals surface area (Å²) in [6, 6.07) is 4.25. The Labute approximate surface area is 96.4 Å². The number of benzene rings is 1. The number of halogens is 1. The van der Waals surface area contributed by atoms with E-state index in [-0.39, 0.29) is 11.5 Å². The van der Waals surface area contributed by atoms with E-state index >= 15 is 0 Å². The number of fused-ring (bicyclic) bond motifs is 1. The minimum absolute atomic E-state index is 0.0122. The number of rotatable bonds is 3. The molecule has 0 aliphatic carbocycles. The van der Waals surface area contributed by atoms with Crippen LogP contribution in [-0.2, 0) is 20.4 Å². The average Bonchev–Trinajstić information content (AvgIpc) is 2.57. The number of oxazole rings is 1. The number of aromatic nitrogens is 1. The van der Waals surface area contributed by atoms with Crippen molar-refractivity contribution in [2.24, 2.45) is 0 Å². The highest BCUT2D eigenvalue weighted by molar-refractivity contribution is 8.13. The lowest BCUT2D eigenvalue weighted by Gasteiger charge is -1.93. The molecule has 2 rings (SSSR count). The Kier molecular flexibility index (Phi) is 2.88. The zero-order valence-electron chi connectivity index (χ0n) is 8.31. The minimum Gasteiger partial charge on any atom is -0.438 e. The lowest BCUT2D eigenvalue weighted by atomic mass is 10.3. The van der Waals surface area contributed by atoms with Gasteiger partial charge in [0.15, 0.2) is 5.58 Å². The van der Waals surface area contributed by atoms with E-state index in [0.717, 1.165) is 0 Å². The molecular formula is C9H8ClNO4S. The molecule has 2 aromatic rings. The summed E-state index contributed by atoms with van der Waals surface area (Å²) in [5, 5.41) is 0. The summed E-state index contributed by atoms with van der Waals surface area (Å²) in [6.45, 7) is 0.234. The number of ether oxygens (including phenoxy) is 1. The second-order valence-corrected chi connectivity index (χ2v) is 5.67. The van der Waals surface area contributed by atoms with Crippen LogP contribution in [0.25, 0.3) is 11.1 Å². The molecule has 1 aromatic carbocycles. The molecule has 86 valence electrons. The van der Waals surface area contributed by atoms with Crippen molar-refractivity contribution in [1.82, 2.24) is 4.98 Å². The van der Waals surface area contributed by atoms with Crippen LogP contribution in [0, 0.1) is 0 Å². The predicted octanol–water partition coefficient (Wildman–Crippen LogP) is 1.90. The van der Waals surface area contributed by atoms with Gasteiger partial charge < -0.3 is 9.15 Å². The topological polar surface area (TPSA) is 69.4 Å². The third kappa shape index (κ3) is 2.18. The van der Waals surface area contributed by atoms with Crippen molar-refractivity contribution >= 4 is 30.8 Å². The Morgan fingerprint density at radius 2 is 2.25 bits per heavy atom. The Balaban J connectivity index is 2.54. The first-order valence-corrected chi connectivity index (χ1v) is 6.65. The van der Waals surface area contributed by atoms with Gasteiger partial charge in [-0.05, 0) is 12.1 Å². The van der Waals surface area contributed by atoms with E-state index in [1.165, 1.54) is 25.3 Å². The van der Waals surface area contributed by atoms with Gasteiger partial charge in [-0.25, -0.2) is 13.4 Å². The van der Waals surface area contributed by atoms with Crippen molar-refractivity contribution in [3.05, 3.63) is 24.1 Å². The van der Waals surface area contributed by atoms with Gasteiger partial charge in [0, 0.05) is 23.9 Å². The van der Waals surface area contributed by atoms with E-state index in [1.807, 2.05) is 0 Å². The zero-order valence-corrected chi connectivity index (χ0v) is 9.88. The molecule has 0 aliphatic rings. The third-order valence-corrected chi connectivity index (χ3v) is 3.31. The zero-order chi connectivity index (χ0) is 11.8. The van der Waals surface area contributed by atoms with E-state index in [9.17, 15) is 8.42 Å². The highest BCUT2D eigenvalue weighted by atomic mass is 35.7. The van der Waals surface area contributed by atoms with E-state index < -0.39 is 9.05 Å². The van der Waals surface area contributed by atoms with Gasteiger partial charge in [0.1, 0.15) is 12.1 Å². The molecule has 0 atom stereocenters. The van der Waals surface area contributed by atoms with Gasteiger partial charge in [-0.15, -0.1) is 0 Å². The van der Waals surface area contributed by atoms with Crippen molar-refractivity contribution < 1.29 is 17.6 Å². The summed E-state index contributed by atoms with van der Waals surface area (Å²) in [6.07, 6.45) is 0. The van der Waals surface area contributed by atoms with E-state index in [0.29, 0.717) is 17.0 Å². The molecule has 0 fully saturated rings. The molecule has 0 bridgehead atoms. The monoisotopic (exact) mass is 261 g/mol. The number of hydrogen-bond donors (Lipinski definition) is 0. The highest BCUT2D eigenvalue weighted by Crippen LogP contribution is 2.22. The summed E-state index contributed by atoms with van der Waals surface area (Å²) >= 11 is 0. The van der Waals surface area contributed by atoms with Crippen LogP contribution in [0.1, 0.15) is 5.89 Å². The summed E-state index contributed by atoms with van der Waals surface area (Å²) < 4.78 is 32.3. The van der Waals surface area contributed by atoms with Gasteiger partial charge in [-0.2, -0.15) is 0 Å². The van der Waals surface area contributed by atoms with Crippen LogP contribution in [0.5, 0.6) is 0 Å². The quantitative estimate of drug-likeness (QED) is 0.790. The molecule has 1 heterocycles. The van der Waals surface area contributed by atoms with Crippen molar-refractivity contribution in [2.45, 2.75) is 11.5 Å². The average molecular weight is 262 g/mol. The second-order valence-electron chi connectivity index (χ2n) is 3.11. The Hall–Kier alpha value is -1.11. The van der Waals surface area contributed by atoms with Crippen LogP contribution in [0.4, 0.5) is 0 Å². The molecule has 0 amide bonds. The first kappa shape index (κ1) is 11.4. The van der Waals surface area contributed by atoms with Gasteiger partial charge >= 0.3 is 0 Å². The summed E-state index contributed by atoms with van der Waals surface area (Å²) in [7, 11) is 2.99. The number of nitrogens with zero attached hydrogens (tertiary/aromatic N) is 1. The molecule has 1 aromatic heterocycles. The first-order chi connectivity index (χ1) is 7.50. The summed E-state index contributed by atoms with van der Waals surface area (Å²) in [4.78, 5) is 4.08. The SMILES string of the molecule is COCc1nc2ccc(S(=O)(=O)Cl)cc2o1. The lowest BCUT2D eigenvalue weighted by molar-refractivity contribution is 0.161. The van der Waals surface area contributed by atoms with Crippen molar-refractivity contribution in [1.29, 1.82) is 0 Å². The molecule has 0 saturated carbocycles. The van der Waals surface area contributed by atoms with Gasteiger partial charge in [0.2, 0.25) is 5.89 Å². The molecule has 0 spiro atoms. The van der Waals surface area contributed by atoms with Crippen LogP contribution < -0.4 is 0 Å². The van der Waals surface area contributed by atoms with E-state index in [1.54, 1.807) is 0 Å². The van der Waals surface area contributed by atoms with Crippen LogP contribution in [0.2, 0.25) is 0 Å². The molecular weight excluding hydrogens is 254 g/mol. The summed E-state index contributed by atoms with van der Waals surface area (Å²) in [5.74, 6) is 0.390. The summed E-state index contributed by atoms with van der Waals surface area (Å²) in [5.41, 5.74) is 0.935. The maximum absolute atomic E-state index is 11.1. The molecule has 0 radical (unpaired) electrons. The van der Waals surface area contributed by atoms with Gasteiger partial charge in [-0.3, -0.25) is 0 Å². The Morgan fingerprint density at radius 3 is 2.88 bits per heavy atom. The fraction of sp³-hybridized carbons (Fsp3) is 0.222. The van der Waals surface area contributed by atoms with E-state index in [4.69, 9.17) is 19.8 Å². The number of hydrogen-bond acceptors (Lipinski definition) is 5. The molecule has 7 heteroatoms. The van der Waals surface area contributed by atoms with Crippen LogP contribution in [0.15, 0.2) is 27.5 Å². The molecule has 0 saturated heterocycles. The lowest BCUT2D eigenvalue weighted by Crippen LogP contribution is -1.89. The molecule has 5 nitrogen and oxygen atoms in total. The largest absolute Gasteiger partial charge is 0.438 e. The van der Waals surface area contributed by atoms with Crippen molar-refractivity contribution in [2.75, 3.05) is 7.11 Å². The normalized spacial score (nSPS) is 12.1. The van der Waals surface area contributed by atoms with Gasteiger partial charge in [0.05, 0.1) is 4.90 Å². The number of methoxy groups -OCH3 is 1. The fourth-order valence-electron chi connectivity index (χ4n) is 1.29. The predicted molar refractivity (Wildman–Crippen MR) is 57.8 cm³/mol. The highest BCUT2D eigenvalue weighted by Gasteiger charge is 2.13. The van der Waals surface area contributed by atoms with Crippen molar-refractivity contribution in [3.63, 3.8) is 0 Å². The molecule has 16 heavy (non-hydrogen) atoms. The van der Waals surface area contributed by atoms with Gasteiger partial charge in [0.25, 0.3) is 9.05 Å². The second kappa shape index (κ2) is 4.04. The standard InChI is InChI=1S/C9H8ClNO4S/c1-14-5-9-11-7-3-2-6(16(10,12)13)4-8(7)15-9/h2-4H,5H2,1H3. The van der Waals surface area contributed by atoms with Crippen molar-refractivity contribution in [3.8, 4) is 0 Å². The maximum Gasteiger partial charge on any atom is 0.261 e. The first-order valence-electron chi connectivity index (χ1n) is 4.34. The maximum atomic E-state index is 11.1.